The highest BCUT2D eigenvalue weighted by Gasteiger charge is 2.21. The molecule has 4 heterocycles. The highest BCUT2D eigenvalue weighted by Crippen LogP contribution is 2.34. The minimum absolute atomic E-state index is 0.0548. The molecule has 2 aromatic heterocycles. The fourth-order valence-corrected chi connectivity index (χ4v) is 10.8. The van der Waals surface area contributed by atoms with Gasteiger partial charge >= 0.3 is 0 Å². The predicted octanol–water partition coefficient (Wildman–Crippen LogP) is 4.80. The smallest absolute Gasteiger partial charge is 0.253 e. The number of hydrogen-bond donors (Lipinski definition) is 6. The number of halogens is 2. The molecule has 548 valence electrons. The summed E-state index contributed by atoms with van der Waals surface area (Å²) in [6.07, 6.45) is 0.627. The Morgan fingerprint density at radius 3 is 1.18 bits per heavy atom. The Hall–Kier alpha value is -7.30. The van der Waals surface area contributed by atoms with Crippen molar-refractivity contribution in [2.45, 2.75) is 19.8 Å². The molecule has 0 radical (unpaired) electrons. The maximum atomic E-state index is 11.8. The number of nitrogens with one attached hydrogen (secondary N) is 2. The van der Waals surface area contributed by atoms with Crippen molar-refractivity contribution >= 4 is 92.0 Å². The van der Waals surface area contributed by atoms with Crippen molar-refractivity contribution in [1.29, 1.82) is 0 Å². The molecule has 0 bridgehead atoms. The van der Waals surface area contributed by atoms with Crippen LogP contribution in [0.1, 0.15) is 19.8 Å². The van der Waals surface area contributed by atoms with Crippen LogP contribution in [0, 0.1) is 0 Å². The Morgan fingerprint density at radius 2 is 0.800 bits per heavy atom. The number of ether oxygens (including phenoxy) is 11. The van der Waals surface area contributed by atoms with Gasteiger partial charge in [0.05, 0.1) is 155 Å². The van der Waals surface area contributed by atoms with Crippen LogP contribution in [0.4, 0.5) is 23.3 Å². The van der Waals surface area contributed by atoms with E-state index in [1.807, 2.05) is 55.5 Å². The van der Waals surface area contributed by atoms with Crippen LogP contribution in [0.2, 0.25) is 10.0 Å². The van der Waals surface area contributed by atoms with Gasteiger partial charge in [0.1, 0.15) is 0 Å². The molecule has 0 aliphatic carbocycles. The number of hydrogen-bond acceptors (Lipinski definition) is 23. The predicted molar refractivity (Wildman–Crippen MR) is 389 cm³/mol. The van der Waals surface area contributed by atoms with E-state index in [9.17, 15) is 9.59 Å². The number of aromatic nitrogens is 4. The van der Waals surface area contributed by atoms with Crippen LogP contribution in [0.5, 0.6) is 0 Å². The standard InChI is InChI=1S/C35H51ClN8O7.C34H49ClN8O6/c1-46-17-18-50-22-19-47-14-7-32(45)39-8-15-48-20-23-51-24-21-49-16-13-43-9-11-44(12-10-43)29-4-2-3-27(25-29)33-30-26-28(36)5-6-31(30)40-35(41-33)42-34(37)38;1-2-45-18-19-46-15-8-31(44)38-9-16-47-20-22-49-23-21-48-17-14-42-10-12-43(13-11-42)28-5-3-4-26(24-28)32-29-25-27(35)6-7-30(29)39-34(40-32)41-33(36)37/h2-6,25-26H,7-24H2,1H3,(H,39,45)(H4,37,38,40,41,42);3-7,24-25H,2,8-23H2,1H3,(H,38,44)(H4,36,37,39,40,41). The summed E-state index contributed by atoms with van der Waals surface area (Å²) in [7, 11) is 1.63. The van der Waals surface area contributed by atoms with Gasteiger partial charge in [-0.05, 0) is 67.6 Å². The van der Waals surface area contributed by atoms with Crippen LogP contribution in [0.15, 0.2) is 94.9 Å². The van der Waals surface area contributed by atoms with Crippen LogP contribution >= 0.6 is 23.2 Å². The summed E-state index contributed by atoms with van der Waals surface area (Å²) in [6.45, 7) is 22.4. The summed E-state index contributed by atoms with van der Waals surface area (Å²) in [5, 5.41) is 8.47. The normalized spacial score (nSPS) is 13.5. The molecular weight excluding hydrogens is 1330 g/mol. The average molecular weight is 1430 g/mol. The summed E-state index contributed by atoms with van der Waals surface area (Å²) in [5.74, 6) is 0.0714. The van der Waals surface area contributed by atoms with Gasteiger partial charge < -0.3 is 95.5 Å². The van der Waals surface area contributed by atoms with Gasteiger partial charge in [0.25, 0.3) is 11.9 Å². The molecule has 6 aromatic rings. The Kier molecular flexibility index (Phi) is 37.6. The van der Waals surface area contributed by atoms with Crippen LogP contribution in [-0.4, -0.2) is 278 Å². The molecule has 0 atom stereocenters. The molecule has 29 nitrogen and oxygen atoms in total. The molecule has 8 rings (SSSR count). The first-order chi connectivity index (χ1) is 48.8. The van der Waals surface area contributed by atoms with Crippen molar-refractivity contribution in [3.05, 3.63) is 95.0 Å². The molecule has 2 amide bonds. The molecule has 2 aliphatic rings. The van der Waals surface area contributed by atoms with Crippen LogP contribution < -0.4 is 43.4 Å². The Balaban J connectivity index is 0.000000281. The zero-order valence-electron chi connectivity index (χ0n) is 57.7. The molecule has 4 aromatic carbocycles. The molecule has 0 spiro atoms. The lowest BCUT2D eigenvalue weighted by molar-refractivity contribution is -0.123. The van der Waals surface area contributed by atoms with Gasteiger partial charge in [0, 0.05) is 148 Å². The number of benzene rings is 4. The minimum atomic E-state index is -0.104. The van der Waals surface area contributed by atoms with E-state index in [0.717, 1.165) is 98.7 Å². The van der Waals surface area contributed by atoms with Gasteiger partial charge in [-0.2, -0.15) is 9.98 Å². The number of amides is 2. The lowest BCUT2D eigenvalue weighted by Gasteiger charge is -2.36. The van der Waals surface area contributed by atoms with Gasteiger partial charge in [-0.25, -0.2) is 19.9 Å². The van der Waals surface area contributed by atoms with E-state index >= 15 is 0 Å². The average Bonchev–Trinajstić information content (AvgIpc) is 0.788. The first kappa shape index (κ1) is 80.0. The summed E-state index contributed by atoms with van der Waals surface area (Å²) < 4.78 is 59.9. The molecule has 2 fully saturated rings. The summed E-state index contributed by atoms with van der Waals surface area (Å²) in [6, 6.07) is 27.5. The molecule has 2 aliphatic heterocycles. The molecule has 0 unspecified atom stereocenters. The number of piperazine rings is 2. The van der Waals surface area contributed by atoms with Crippen molar-refractivity contribution in [1.82, 2.24) is 40.4 Å². The lowest BCUT2D eigenvalue weighted by Crippen LogP contribution is -2.47. The molecule has 2 saturated heterocycles. The molecule has 0 saturated carbocycles. The van der Waals surface area contributed by atoms with Crippen molar-refractivity contribution in [2.75, 3.05) is 234 Å². The second-order valence-electron chi connectivity index (χ2n) is 22.8. The third-order valence-electron chi connectivity index (χ3n) is 15.5. The van der Waals surface area contributed by atoms with Crippen LogP contribution in [0.3, 0.4) is 0 Å². The van der Waals surface area contributed by atoms with Crippen molar-refractivity contribution < 1.29 is 61.7 Å². The number of nitrogens with zero attached hydrogens (tertiary/aromatic N) is 10. The topological polar surface area (TPSA) is 353 Å². The molecule has 10 N–H and O–H groups in total. The second kappa shape index (κ2) is 47.0. The number of aliphatic imine (C=N–C) groups is 2. The number of carbonyl (C=O) groups is 2. The zero-order chi connectivity index (χ0) is 70.8. The number of fused-ring (bicyclic) bond motifs is 2. The Morgan fingerprint density at radius 1 is 0.440 bits per heavy atom. The van der Waals surface area contributed by atoms with Gasteiger partial charge in [0.15, 0.2) is 11.9 Å². The fourth-order valence-electron chi connectivity index (χ4n) is 10.4. The van der Waals surface area contributed by atoms with Crippen molar-refractivity contribution in [3.8, 4) is 22.5 Å². The van der Waals surface area contributed by atoms with Crippen LogP contribution in [0.25, 0.3) is 44.3 Å². The first-order valence-electron chi connectivity index (χ1n) is 33.9. The van der Waals surface area contributed by atoms with Crippen molar-refractivity contribution in [3.63, 3.8) is 0 Å². The minimum Gasteiger partial charge on any atom is -0.382 e. The van der Waals surface area contributed by atoms with Gasteiger partial charge in [0.2, 0.25) is 11.8 Å². The second-order valence-corrected chi connectivity index (χ2v) is 23.7. The van der Waals surface area contributed by atoms with Crippen molar-refractivity contribution in [2.24, 2.45) is 32.9 Å². The quantitative estimate of drug-likeness (QED) is 0.0170. The van der Waals surface area contributed by atoms with Crippen LogP contribution in [-0.2, 0) is 61.7 Å². The molecule has 31 heteroatoms. The monoisotopic (exact) mass is 1430 g/mol. The number of rotatable bonds is 46. The van der Waals surface area contributed by atoms with Gasteiger partial charge in [-0.3, -0.25) is 19.4 Å². The van der Waals surface area contributed by atoms with E-state index in [4.69, 9.17) is 98.2 Å². The van der Waals surface area contributed by atoms with E-state index < -0.39 is 0 Å². The van der Waals surface area contributed by atoms with E-state index in [2.05, 4.69) is 84.4 Å². The number of methoxy groups -OCH3 is 1. The number of guanidine groups is 2. The number of nitrogens with two attached hydrogens (primary N) is 4. The van der Waals surface area contributed by atoms with E-state index in [0.29, 0.717) is 197 Å². The fraction of sp³-hybridized carbons (Fsp3) is 0.536. The Bertz CT molecular complexity index is 3420. The van der Waals surface area contributed by atoms with Gasteiger partial charge in [-0.15, -0.1) is 0 Å². The molecule has 100 heavy (non-hydrogen) atoms. The Labute approximate surface area is 595 Å². The maximum Gasteiger partial charge on any atom is 0.253 e. The summed E-state index contributed by atoms with van der Waals surface area (Å²) >= 11 is 12.6. The third-order valence-corrected chi connectivity index (χ3v) is 16.0. The van der Waals surface area contributed by atoms with E-state index in [1.165, 1.54) is 0 Å². The van der Waals surface area contributed by atoms with Gasteiger partial charge in [-0.1, -0.05) is 47.5 Å². The van der Waals surface area contributed by atoms with E-state index in [1.54, 1.807) is 19.2 Å². The summed E-state index contributed by atoms with van der Waals surface area (Å²) in [5.41, 5.74) is 29.4. The third kappa shape index (κ3) is 30.5. The maximum absolute atomic E-state index is 11.8. The molecular formula is C69H100Cl2N16O13. The first-order valence-corrected chi connectivity index (χ1v) is 34.7. The largest absolute Gasteiger partial charge is 0.382 e. The highest BCUT2D eigenvalue weighted by molar-refractivity contribution is 6.31. The summed E-state index contributed by atoms with van der Waals surface area (Å²) in [4.78, 5) is 59.6. The SMILES string of the molecule is CCOCCOCCC(=O)NCCOCCOCCOCCN1CCN(c2cccc(-c3nc(N=C(N)N)nc4ccc(Cl)cc34)c2)CC1.COCCOCCOCCC(=O)NCCOCCOCCOCCN1CCN(c2cccc(-c3nc(N=C(N)N)nc4ccc(Cl)cc34)c2)CC1. The van der Waals surface area contributed by atoms with E-state index in [-0.39, 0.29) is 35.6 Å². The number of anilines is 2. The zero-order valence-corrected chi connectivity index (χ0v) is 59.2. The highest BCUT2D eigenvalue weighted by atomic mass is 35.5. The number of carbonyl (C=O) groups excluding carboxylic acids is 2. The lowest BCUT2D eigenvalue weighted by atomic mass is 10.1.